The van der Waals surface area contributed by atoms with Gasteiger partial charge >= 0.3 is 6.01 Å². The average Bonchev–Trinajstić information content (AvgIpc) is 3.63. The third kappa shape index (κ3) is 6.21. The molecular weight excluding hydrogens is 568 g/mol. The van der Waals surface area contributed by atoms with E-state index in [1.54, 1.807) is 0 Å². The normalized spacial score (nSPS) is 18.6. The predicted molar refractivity (Wildman–Crippen MR) is 173 cm³/mol. The number of nitrogens with one attached hydrogen (secondary N) is 2. The molecule has 2 aliphatic heterocycles. The van der Waals surface area contributed by atoms with Gasteiger partial charge in [-0.15, -0.1) is 0 Å². The minimum Gasteiger partial charge on any atom is -0.463 e. The van der Waals surface area contributed by atoms with Gasteiger partial charge in [-0.1, -0.05) is 37.3 Å². The zero-order valence-corrected chi connectivity index (χ0v) is 26.6. The van der Waals surface area contributed by atoms with Gasteiger partial charge in [-0.25, -0.2) is 4.98 Å². The Morgan fingerprint density at radius 2 is 1.87 bits per heavy atom. The molecule has 0 atom stereocenters. The van der Waals surface area contributed by atoms with Crippen molar-refractivity contribution in [1.29, 1.82) is 0 Å². The molecular formula is C34H44N8O3. The lowest BCUT2D eigenvalue weighted by atomic mass is 9.94. The van der Waals surface area contributed by atoms with E-state index in [9.17, 15) is 5.11 Å². The summed E-state index contributed by atoms with van der Waals surface area (Å²) in [6.07, 6.45) is 5.06. The highest BCUT2D eigenvalue weighted by Gasteiger charge is 2.44. The molecule has 0 radical (unpaired) electrons. The molecule has 2 aromatic carbocycles. The third-order valence-corrected chi connectivity index (χ3v) is 9.54. The van der Waals surface area contributed by atoms with Crippen LogP contribution in [-0.4, -0.2) is 82.2 Å². The Morgan fingerprint density at radius 1 is 1.07 bits per heavy atom. The van der Waals surface area contributed by atoms with Crippen molar-refractivity contribution in [3.63, 3.8) is 0 Å². The fourth-order valence-corrected chi connectivity index (χ4v) is 6.88. The number of nitrogens with zero attached hydrogens (tertiary/aromatic N) is 6. The molecule has 4 aromatic rings. The lowest BCUT2D eigenvalue weighted by Gasteiger charge is -2.32. The van der Waals surface area contributed by atoms with E-state index < -0.39 is 5.60 Å². The van der Waals surface area contributed by atoms with Crippen LogP contribution in [0.25, 0.3) is 10.8 Å². The molecule has 3 N–H and O–H groups in total. The molecule has 1 aliphatic carbocycles. The maximum Gasteiger partial charge on any atom is 0.318 e. The maximum atomic E-state index is 11.0. The van der Waals surface area contributed by atoms with Gasteiger partial charge in [-0.3, -0.25) is 5.10 Å². The van der Waals surface area contributed by atoms with Crippen molar-refractivity contribution in [3.05, 3.63) is 64.9 Å². The molecule has 2 aromatic heterocycles. The van der Waals surface area contributed by atoms with E-state index in [0.29, 0.717) is 63.4 Å². The minimum atomic E-state index is -1.06. The van der Waals surface area contributed by atoms with Crippen LogP contribution in [0.3, 0.4) is 0 Å². The number of ether oxygens (including phenoxy) is 2. The second-order valence-corrected chi connectivity index (χ2v) is 13.2. The smallest absolute Gasteiger partial charge is 0.318 e. The summed E-state index contributed by atoms with van der Waals surface area (Å²) in [5.41, 5.74) is 3.79. The first-order valence-electron chi connectivity index (χ1n) is 16.2. The number of aryl methyl sites for hydroxylation is 1. The lowest BCUT2D eigenvalue weighted by Crippen LogP contribution is -2.34. The van der Waals surface area contributed by atoms with Gasteiger partial charge < -0.3 is 29.7 Å². The third-order valence-electron chi connectivity index (χ3n) is 9.54. The highest BCUT2D eigenvalue weighted by molar-refractivity contribution is 5.97. The first-order chi connectivity index (χ1) is 21.8. The van der Waals surface area contributed by atoms with Crippen LogP contribution in [0.15, 0.2) is 36.4 Å². The van der Waals surface area contributed by atoms with Gasteiger partial charge in [0.05, 0.1) is 25.4 Å². The van der Waals surface area contributed by atoms with Crippen molar-refractivity contribution in [3.8, 4) is 6.01 Å². The van der Waals surface area contributed by atoms with Crippen LogP contribution in [0.2, 0.25) is 0 Å². The first kappa shape index (κ1) is 29.9. The van der Waals surface area contributed by atoms with Crippen LogP contribution in [0.1, 0.15) is 61.1 Å². The van der Waals surface area contributed by atoms with Crippen molar-refractivity contribution < 1.29 is 14.6 Å². The molecule has 2 fully saturated rings. The van der Waals surface area contributed by atoms with E-state index in [0.717, 1.165) is 55.8 Å². The van der Waals surface area contributed by atoms with Gasteiger partial charge in [0.2, 0.25) is 0 Å². The summed E-state index contributed by atoms with van der Waals surface area (Å²) in [4.78, 5) is 19.2. The summed E-state index contributed by atoms with van der Waals surface area (Å²) in [5.74, 6) is 1.83. The van der Waals surface area contributed by atoms with Crippen LogP contribution in [-0.2, 0) is 36.3 Å². The molecule has 7 rings (SSSR count). The number of benzene rings is 2. The molecule has 0 bridgehead atoms. The van der Waals surface area contributed by atoms with E-state index in [1.165, 1.54) is 22.0 Å². The zero-order valence-electron chi connectivity index (χ0n) is 26.6. The number of rotatable bonds is 11. The molecule has 45 heavy (non-hydrogen) atoms. The van der Waals surface area contributed by atoms with Crippen LogP contribution < -0.4 is 15.0 Å². The molecule has 0 amide bonds. The Balaban J connectivity index is 1.16. The molecule has 4 heterocycles. The van der Waals surface area contributed by atoms with E-state index in [-0.39, 0.29) is 5.41 Å². The van der Waals surface area contributed by atoms with Gasteiger partial charge in [-0.2, -0.15) is 15.1 Å². The lowest BCUT2D eigenvalue weighted by molar-refractivity contribution is -0.0732. The largest absolute Gasteiger partial charge is 0.463 e. The van der Waals surface area contributed by atoms with Gasteiger partial charge in [0.15, 0.2) is 5.82 Å². The van der Waals surface area contributed by atoms with Crippen molar-refractivity contribution in [2.24, 2.45) is 5.41 Å². The maximum absolute atomic E-state index is 11.0. The Hall–Kier alpha value is -3.80. The summed E-state index contributed by atoms with van der Waals surface area (Å²) < 4.78 is 11.8. The summed E-state index contributed by atoms with van der Waals surface area (Å²) in [6, 6.07) is 13.6. The molecule has 11 heteroatoms. The van der Waals surface area contributed by atoms with Crippen molar-refractivity contribution >= 4 is 22.3 Å². The van der Waals surface area contributed by atoms with Crippen molar-refractivity contribution in [1.82, 2.24) is 30.0 Å². The second-order valence-electron chi connectivity index (χ2n) is 13.2. The molecule has 1 saturated heterocycles. The fourth-order valence-electron chi connectivity index (χ4n) is 6.88. The summed E-state index contributed by atoms with van der Waals surface area (Å²) in [7, 11) is 4.22. The van der Waals surface area contributed by atoms with E-state index in [2.05, 4.69) is 87.7 Å². The molecule has 0 spiro atoms. The summed E-state index contributed by atoms with van der Waals surface area (Å²) >= 11 is 0. The predicted octanol–water partition coefficient (Wildman–Crippen LogP) is 4.20. The number of aliphatic hydroxyl groups is 1. The van der Waals surface area contributed by atoms with Gasteiger partial charge in [0.25, 0.3) is 0 Å². The number of anilines is 2. The number of H-pyrrole nitrogens is 1. The number of hydrogen-bond donors (Lipinski definition) is 3. The van der Waals surface area contributed by atoms with Crippen molar-refractivity contribution in [2.75, 3.05) is 57.2 Å². The molecule has 238 valence electrons. The Kier molecular flexibility index (Phi) is 8.09. The molecule has 1 saturated carbocycles. The first-order valence-corrected chi connectivity index (χ1v) is 16.2. The van der Waals surface area contributed by atoms with Gasteiger partial charge in [0, 0.05) is 61.2 Å². The Morgan fingerprint density at radius 3 is 2.62 bits per heavy atom. The SMILES string of the molecule is CCc1cccc2cccc(N3CCc4c(nc(OCC5(CN(C)C)CC5)nc4NCc4nc(C5(O)CCOCC5)n[nH]4)C3)c12. The van der Waals surface area contributed by atoms with E-state index in [1.807, 2.05) is 0 Å². The number of fused-ring (bicyclic) bond motifs is 2. The quantitative estimate of drug-likeness (QED) is 0.227. The molecule has 0 unspecified atom stereocenters. The van der Waals surface area contributed by atoms with Gasteiger partial charge in [-0.05, 0) is 56.8 Å². The highest BCUT2D eigenvalue weighted by atomic mass is 16.5. The Bertz CT molecular complexity index is 1660. The van der Waals surface area contributed by atoms with E-state index >= 15 is 0 Å². The van der Waals surface area contributed by atoms with Crippen molar-refractivity contribution in [2.45, 2.75) is 64.1 Å². The standard InChI is InChI=1S/C34H44N8O3/c1-4-23-7-5-8-24-9-6-10-27(29(23)24)42-16-11-25-26(20-42)36-32(45-22-33(12-13-33)21-41(2)3)38-30(25)35-19-28-37-31(40-39-28)34(43)14-17-44-18-15-34/h5-10,43H,4,11-22H2,1-3H3,(H,35,36,38)(H,37,39,40). The number of aromatic nitrogens is 5. The summed E-state index contributed by atoms with van der Waals surface area (Å²) in [5, 5.41) is 24.5. The molecule has 11 nitrogen and oxygen atoms in total. The molecule has 3 aliphatic rings. The zero-order chi connectivity index (χ0) is 31.0. The number of aromatic amines is 1. The second kappa shape index (κ2) is 12.2. The average molecular weight is 613 g/mol. The van der Waals surface area contributed by atoms with E-state index in [4.69, 9.17) is 19.4 Å². The Labute approximate surface area is 264 Å². The monoisotopic (exact) mass is 612 g/mol. The van der Waals surface area contributed by atoms with Gasteiger partial charge in [0.1, 0.15) is 17.2 Å². The van der Waals surface area contributed by atoms with Crippen LogP contribution in [0, 0.1) is 5.41 Å². The fraction of sp³-hybridized carbons (Fsp3) is 0.529. The minimum absolute atomic E-state index is 0.169. The highest BCUT2D eigenvalue weighted by Crippen LogP contribution is 2.46. The summed E-state index contributed by atoms with van der Waals surface area (Å²) in [6.45, 7) is 6.73. The van der Waals surface area contributed by atoms with Crippen LogP contribution in [0.5, 0.6) is 6.01 Å². The topological polar surface area (TPSA) is 125 Å². The number of hydrogen-bond acceptors (Lipinski definition) is 10. The van der Waals surface area contributed by atoms with Crippen LogP contribution in [0.4, 0.5) is 11.5 Å². The van der Waals surface area contributed by atoms with Crippen LogP contribution >= 0.6 is 0 Å².